The number of hydrogen-bond acceptors (Lipinski definition) is 3. The molecule has 0 unspecified atom stereocenters. The lowest BCUT2D eigenvalue weighted by molar-refractivity contribution is -0.115. The first-order valence-electron chi connectivity index (χ1n) is 7.32. The third kappa shape index (κ3) is 4.06. The predicted octanol–water partition coefficient (Wildman–Crippen LogP) is 4.52. The first-order chi connectivity index (χ1) is 11.3. The first-order valence-corrected chi connectivity index (χ1v) is 7.32. The second kappa shape index (κ2) is 6.18. The van der Waals surface area contributed by atoms with Crippen molar-refractivity contribution >= 4 is 17.3 Å². The topological polar surface area (TPSA) is 54.3 Å². The Bertz CT molecular complexity index is 751. The third-order valence-corrected chi connectivity index (χ3v) is 3.54. The zero-order chi connectivity index (χ0) is 17.3. The predicted molar refractivity (Wildman–Crippen MR) is 79.6 cm³/mol. The lowest BCUT2D eigenvalue weighted by atomic mass is 10.1. The number of carbonyl (C=O) groups excluding carboxylic acids is 1. The highest BCUT2D eigenvalue weighted by atomic mass is 19.4. The quantitative estimate of drug-likeness (QED) is 0.786. The van der Waals surface area contributed by atoms with Gasteiger partial charge in [-0.3, -0.25) is 4.79 Å². The molecule has 2 aromatic rings. The Labute approximate surface area is 134 Å². The van der Waals surface area contributed by atoms with Crippen LogP contribution in [0.15, 0.2) is 34.9 Å². The number of carbonyl (C=O) groups is 1. The maximum Gasteiger partial charge on any atom is 0.405 e. The summed E-state index contributed by atoms with van der Waals surface area (Å²) in [5, 5.41) is 4.56. The summed E-state index contributed by atoms with van der Waals surface area (Å²) in [6.45, 7) is -1.29. The second-order valence-corrected chi connectivity index (χ2v) is 5.62. The molecule has 1 saturated carbocycles. The number of benzene rings is 1. The maximum atomic E-state index is 13.6. The van der Waals surface area contributed by atoms with Gasteiger partial charge in [0.1, 0.15) is 18.1 Å². The van der Waals surface area contributed by atoms with Crippen molar-refractivity contribution in [1.82, 2.24) is 0 Å². The molecular weight excluding hydrogens is 328 g/mol. The SMILES string of the molecule is O=C(Nc1cc(F)cc(NCC(F)(F)F)c1)c1ccoc1C1CC1. The largest absolute Gasteiger partial charge is 0.468 e. The van der Waals surface area contributed by atoms with Gasteiger partial charge in [-0.05, 0) is 37.1 Å². The maximum absolute atomic E-state index is 13.6. The highest BCUT2D eigenvalue weighted by Gasteiger charge is 2.31. The van der Waals surface area contributed by atoms with E-state index in [1.165, 1.54) is 18.4 Å². The van der Waals surface area contributed by atoms with Crippen molar-refractivity contribution in [1.29, 1.82) is 0 Å². The molecule has 1 amide bonds. The molecular formula is C16H14F4N2O2. The molecule has 3 rings (SSSR count). The standard InChI is InChI=1S/C16H14F4N2O2/c17-10-5-11(21-8-16(18,19)20)7-12(6-10)22-15(23)13-3-4-24-14(13)9-1-2-9/h3-7,9,21H,1-2,8H2,(H,22,23). The molecule has 1 aromatic heterocycles. The fourth-order valence-corrected chi connectivity index (χ4v) is 2.33. The minimum absolute atomic E-state index is 0.0626. The molecule has 4 nitrogen and oxygen atoms in total. The van der Waals surface area contributed by atoms with Crippen LogP contribution in [0.5, 0.6) is 0 Å². The van der Waals surface area contributed by atoms with Crippen LogP contribution >= 0.6 is 0 Å². The van der Waals surface area contributed by atoms with Crippen molar-refractivity contribution in [3.8, 4) is 0 Å². The molecule has 128 valence electrons. The summed E-state index contributed by atoms with van der Waals surface area (Å²) in [4.78, 5) is 12.3. The molecule has 24 heavy (non-hydrogen) atoms. The van der Waals surface area contributed by atoms with Gasteiger partial charge in [-0.2, -0.15) is 13.2 Å². The van der Waals surface area contributed by atoms with E-state index in [0.29, 0.717) is 11.3 Å². The number of rotatable bonds is 5. The van der Waals surface area contributed by atoms with Crippen molar-refractivity contribution in [2.75, 3.05) is 17.2 Å². The Morgan fingerprint density at radius 3 is 2.58 bits per heavy atom. The van der Waals surface area contributed by atoms with Gasteiger partial charge >= 0.3 is 6.18 Å². The Morgan fingerprint density at radius 2 is 1.92 bits per heavy atom. The van der Waals surface area contributed by atoms with Crippen LogP contribution in [-0.4, -0.2) is 18.6 Å². The average molecular weight is 342 g/mol. The lowest BCUT2D eigenvalue weighted by Crippen LogP contribution is -2.21. The molecule has 8 heteroatoms. The third-order valence-electron chi connectivity index (χ3n) is 3.54. The van der Waals surface area contributed by atoms with Crippen LogP contribution in [0.4, 0.5) is 28.9 Å². The van der Waals surface area contributed by atoms with E-state index in [1.807, 2.05) is 0 Å². The highest BCUT2D eigenvalue weighted by Crippen LogP contribution is 2.42. The van der Waals surface area contributed by atoms with Gasteiger partial charge in [0.15, 0.2) is 0 Å². The zero-order valence-electron chi connectivity index (χ0n) is 12.4. The Morgan fingerprint density at radius 1 is 1.21 bits per heavy atom. The summed E-state index contributed by atoms with van der Waals surface area (Å²) in [5.41, 5.74) is 0.344. The molecule has 1 aromatic carbocycles. The molecule has 1 aliphatic rings. The van der Waals surface area contributed by atoms with Gasteiger partial charge < -0.3 is 15.1 Å². The number of halogens is 4. The van der Waals surface area contributed by atoms with Crippen LogP contribution in [-0.2, 0) is 0 Å². The molecule has 1 heterocycles. The monoisotopic (exact) mass is 342 g/mol. The lowest BCUT2D eigenvalue weighted by Gasteiger charge is -2.12. The van der Waals surface area contributed by atoms with E-state index in [4.69, 9.17) is 4.42 Å². The second-order valence-electron chi connectivity index (χ2n) is 5.62. The Balaban J connectivity index is 1.73. The van der Waals surface area contributed by atoms with Crippen molar-refractivity contribution in [3.63, 3.8) is 0 Å². The van der Waals surface area contributed by atoms with Crippen LogP contribution in [0.2, 0.25) is 0 Å². The number of anilines is 2. The smallest absolute Gasteiger partial charge is 0.405 e. The van der Waals surface area contributed by atoms with Crippen LogP contribution in [0, 0.1) is 5.82 Å². The van der Waals surface area contributed by atoms with E-state index in [-0.39, 0.29) is 17.3 Å². The van der Waals surface area contributed by atoms with Crippen LogP contribution in [0.3, 0.4) is 0 Å². The van der Waals surface area contributed by atoms with E-state index in [2.05, 4.69) is 10.6 Å². The number of amides is 1. The van der Waals surface area contributed by atoms with Gasteiger partial charge in [0.25, 0.3) is 5.91 Å². The van der Waals surface area contributed by atoms with Gasteiger partial charge in [0, 0.05) is 17.3 Å². The summed E-state index contributed by atoms with van der Waals surface area (Å²) in [6.07, 6.45) is -1.13. The molecule has 1 aliphatic carbocycles. The molecule has 0 spiro atoms. The normalized spacial score (nSPS) is 14.5. The van der Waals surface area contributed by atoms with Gasteiger partial charge in [0.05, 0.1) is 11.8 Å². The van der Waals surface area contributed by atoms with Gasteiger partial charge in [-0.15, -0.1) is 0 Å². The van der Waals surface area contributed by atoms with Crippen molar-refractivity contribution in [2.45, 2.75) is 24.9 Å². The fraction of sp³-hybridized carbons (Fsp3) is 0.312. The summed E-state index contributed by atoms with van der Waals surface area (Å²) in [6, 6.07) is 4.72. The van der Waals surface area contributed by atoms with E-state index >= 15 is 0 Å². The van der Waals surface area contributed by atoms with E-state index < -0.39 is 24.4 Å². The summed E-state index contributed by atoms with van der Waals surface area (Å²) in [7, 11) is 0. The van der Waals surface area contributed by atoms with Gasteiger partial charge in [-0.25, -0.2) is 4.39 Å². The molecule has 1 fully saturated rings. The molecule has 0 radical (unpaired) electrons. The minimum Gasteiger partial charge on any atom is -0.468 e. The molecule has 0 aliphatic heterocycles. The van der Waals surface area contributed by atoms with E-state index in [0.717, 1.165) is 25.0 Å². The summed E-state index contributed by atoms with van der Waals surface area (Å²) in [5.74, 6) is -0.443. The van der Waals surface area contributed by atoms with E-state index in [1.54, 1.807) is 0 Å². The van der Waals surface area contributed by atoms with Crippen molar-refractivity contribution < 1.29 is 26.8 Å². The Kier molecular flexibility index (Phi) is 4.21. The molecule has 0 atom stereocenters. The minimum atomic E-state index is -4.42. The number of alkyl halides is 3. The van der Waals surface area contributed by atoms with Crippen molar-refractivity contribution in [3.05, 3.63) is 47.7 Å². The van der Waals surface area contributed by atoms with E-state index in [9.17, 15) is 22.4 Å². The molecule has 0 bridgehead atoms. The zero-order valence-corrected chi connectivity index (χ0v) is 12.4. The molecule has 2 N–H and O–H groups in total. The number of furan rings is 1. The summed E-state index contributed by atoms with van der Waals surface area (Å²) >= 11 is 0. The van der Waals surface area contributed by atoms with Crippen LogP contribution in [0.1, 0.15) is 34.9 Å². The van der Waals surface area contributed by atoms with Crippen molar-refractivity contribution in [2.24, 2.45) is 0 Å². The number of nitrogens with one attached hydrogen (secondary N) is 2. The summed E-state index contributed by atoms with van der Waals surface area (Å²) < 4.78 is 55.5. The fourth-order valence-electron chi connectivity index (χ4n) is 2.33. The average Bonchev–Trinajstić information content (AvgIpc) is 3.20. The highest BCUT2D eigenvalue weighted by molar-refractivity contribution is 6.05. The van der Waals surface area contributed by atoms with Crippen LogP contribution < -0.4 is 10.6 Å². The number of hydrogen-bond donors (Lipinski definition) is 2. The van der Waals surface area contributed by atoms with Gasteiger partial charge in [-0.1, -0.05) is 0 Å². The Hall–Kier alpha value is -2.51. The first kappa shape index (κ1) is 16.4. The van der Waals surface area contributed by atoms with Crippen LogP contribution in [0.25, 0.3) is 0 Å². The molecule has 0 saturated heterocycles. The van der Waals surface area contributed by atoms with Gasteiger partial charge in [0.2, 0.25) is 0 Å².